The lowest BCUT2D eigenvalue weighted by atomic mass is 10.0. The fourth-order valence-corrected chi connectivity index (χ4v) is 6.53. The number of amides is 1. The van der Waals surface area contributed by atoms with Crippen molar-refractivity contribution in [3.05, 3.63) is 70.9 Å². The minimum Gasteiger partial charge on any atom is -0.333 e. The van der Waals surface area contributed by atoms with Crippen LogP contribution in [0.2, 0.25) is 0 Å². The van der Waals surface area contributed by atoms with E-state index in [2.05, 4.69) is 77.4 Å². The van der Waals surface area contributed by atoms with Crippen molar-refractivity contribution in [2.75, 3.05) is 20.1 Å². The number of likely N-dealkylation sites (tertiary alicyclic amines) is 1. The summed E-state index contributed by atoms with van der Waals surface area (Å²) in [5, 5.41) is 2.19. The van der Waals surface area contributed by atoms with Crippen molar-refractivity contribution in [1.82, 2.24) is 19.8 Å². The van der Waals surface area contributed by atoms with Gasteiger partial charge in [0.15, 0.2) is 0 Å². The van der Waals surface area contributed by atoms with Crippen molar-refractivity contribution in [3.63, 3.8) is 0 Å². The van der Waals surface area contributed by atoms with Gasteiger partial charge in [0.05, 0.1) is 22.3 Å². The topological polar surface area (TPSA) is 49.3 Å². The maximum absolute atomic E-state index is 11.7. The Morgan fingerprint density at radius 1 is 0.943 bits per heavy atom. The largest absolute Gasteiger partial charge is 0.333 e. The zero-order valence-corrected chi connectivity index (χ0v) is 22.0. The van der Waals surface area contributed by atoms with Gasteiger partial charge in [-0.15, -0.1) is 22.7 Å². The van der Waals surface area contributed by atoms with Crippen molar-refractivity contribution < 1.29 is 4.79 Å². The molecule has 7 heteroatoms. The van der Waals surface area contributed by atoms with Gasteiger partial charge in [-0.1, -0.05) is 55.5 Å². The van der Waals surface area contributed by atoms with Crippen LogP contribution in [-0.4, -0.2) is 45.8 Å². The van der Waals surface area contributed by atoms with Crippen LogP contribution in [-0.2, 0) is 11.3 Å². The molecule has 1 fully saturated rings. The summed E-state index contributed by atoms with van der Waals surface area (Å²) in [5.74, 6) is 0.128. The maximum Gasteiger partial charge on any atom is 0.220 e. The summed E-state index contributed by atoms with van der Waals surface area (Å²) in [4.78, 5) is 27.5. The molecule has 0 spiro atoms. The van der Waals surface area contributed by atoms with Crippen LogP contribution in [0.3, 0.4) is 0 Å². The molecule has 1 aliphatic rings. The van der Waals surface area contributed by atoms with Crippen molar-refractivity contribution >= 4 is 28.6 Å². The lowest BCUT2D eigenvalue weighted by Gasteiger charge is -2.38. The molecule has 1 amide bonds. The molecular formula is C28H30N4OS2. The predicted molar refractivity (Wildman–Crippen MR) is 145 cm³/mol. The molecule has 2 aromatic carbocycles. The molecule has 35 heavy (non-hydrogen) atoms. The molecule has 0 bridgehead atoms. The molecule has 5 rings (SSSR count). The summed E-state index contributed by atoms with van der Waals surface area (Å²) in [6.45, 7) is 6.66. The molecule has 1 unspecified atom stereocenters. The average molecular weight is 503 g/mol. The smallest absolute Gasteiger partial charge is 0.220 e. The molecule has 3 heterocycles. The predicted octanol–water partition coefficient (Wildman–Crippen LogP) is 6.74. The summed E-state index contributed by atoms with van der Waals surface area (Å²) in [6, 6.07) is 17.5. The molecule has 2 aromatic heterocycles. The average Bonchev–Trinajstić information content (AvgIpc) is 3.49. The normalized spacial score (nSPS) is 15.4. The third kappa shape index (κ3) is 5.22. The molecule has 1 aliphatic heterocycles. The van der Waals surface area contributed by atoms with E-state index >= 15 is 0 Å². The summed E-state index contributed by atoms with van der Waals surface area (Å²) >= 11 is 3.46. The van der Waals surface area contributed by atoms with E-state index in [9.17, 15) is 4.79 Å². The van der Waals surface area contributed by atoms with E-state index < -0.39 is 0 Å². The number of benzene rings is 2. The van der Waals surface area contributed by atoms with E-state index in [0.717, 1.165) is 52.9 Å². The molecular weight excluding hydrogens is 472 g/mol. The third-order valence-corrected chi connectivity index (χ3v) is 8.65. The van der Waals surface area contributed by atoms with Crippen LogP contribution in [0.15, 0.2) is 60.9 Å². The number of carbonyl (C=O) groups is 1. The fraction of sp³-hybridized carbons (Fsp3) is 0.321. The second kappa shape index (κ2) is 10.4. The highest BCUT2D eigenvalue weighted by Crippen LogP contribution is 2.38. The second-order valence-corrected chi connectivity index (χ2v) is 11.3. The van der Waals surface area contributed by atoms with Gasteiger partial charge in [0, 0.05) is 25.9 Å². The van der Waals surface area contributed by atoms with E-state index in [1.807, 2.05) is 17.3 Å². The van der Waals surface area contributed by atoms with Gasteiger partial charge in [0.1, 0.15) is 10.0 Å². The minimum absolute atomic E-state index is 0.128. The summed E-state index contributed by atoms with van der Waals surface area (Å²) in [5.41, 5.74) is 4.76. The van der Waals surface area contributed by atoms with Crippen LogP contribution in [0.5, 0.6) is 0 Å². The van der Waals surface area contributed by atoms with Crippen LogP contribution >= 0.6 is 22.7 Å². The molecule has 180 valence electrons. The van der Waals surface area contributed by atoms with Crippen LogP contribution < -0.4 is 0 Å². The molecule has 1 saturated heterocycles. The first kappa shape index (κ1) is 23.9. The van der Waals surface area contributed by atoms with Crippen LogP contribution in [0.4, 0.5) is 0 Å². The monoisotopic (exact) mass is 502 g/mol. The first-order valence-electron chi connectivity index (χ1n) is 12.1. The lowest BCUT2D eigenvalue weighted by molar-refractivity contribution is -0.136. The van der Waals surface area contributed by atoms with E-state index in [1.165, 1.54) is 21.6 Å². The number of thiazole rings is 2. The molecule has 0 saturated carbocycles. The maximum atomic E-state index is 11.7. The van der Waals surface area contributed by atoms with Gasteiger partial charge >= 0.3 is 0 Å². The van der Waals surface area contributed by atoms with Crippen molar-refractivity contribution in [3.8, 4) is 32.0 Å². The Bertz CT molecular complexity index is 1290. The van der Waals surface area contributed by atoms with E-state index in [1.54, 1.807) is 29.6 Å². The molecule has 0 N–H and O–H groups in total. The van der Waals surface area contributed by atoms with Crippen molar-refractivity contribution in [2.24, 2.45) is 0 Å². The summed E-state index contributed by atoms with van der Waals surface area (Å²) in [6.07, 6.45) is 6.08. The highest BCUT2D eigenvalue weighted by molar-refractivity contribution is 7.15. The van der Waals surface area contributed by atoms with Gasteiger partial charge < -0.3 is 4.90 Å². The Morgan fingerprint density at radius 2 is 1.51 bits per heavy atom. The van der Waals surface area contributed by atoms with Crippen LogP contribution in [0, 0.1) is 0 Å². The molecule has 0 radical (unpaired) electrons. The number of aromatic nitrogens is 2. The zero-order chi connectivity index (χ0) is 24.4. The number of nitrogens with zero attached hydrogens (tertiary/aromatic N) is 4. The van der Waals surface area contributed by atoms with Crippen LogP contribution in [0.25, 0.3) is 32.0 Å². The Labute approximate surface area is 215 Å². The van der Waals surface area contributed by atoms with Crippen molar-refractivity contribution in [1.29, 1.82) is 0 Å². The highest BCUT2D eigenvalue weighted by Gasteiger charge is 2.33. The lowest BCUT2D eigenvalue weighted by Crippen LogP contribution is -2.43. The summed E-state index contributed by atoms with van der Waals surface area (Å²) < 4.78 is 0. The third-order valence-electron chi connectivity index (χ3n) is 6.47. The summed E-state index contributed by atoms with van der Waals surface area (Å²) in [7, 11) is 2.15. The SMILES string of the molecule is CCCN(C)Cc1ncc(-c2ccc(-c3ccc(-c4cnc(C5CCN5C(C)=O)s4)cc3)cc2)s1. The van der Waals surface area contributed by atoms with Gasteiger partial charge in [-0.25, -0.2) is 9.97 Å². The standard InChI is InChI=1S/C28H30N4OS2/c1-4-14-31(3)18-27-29-16-25(34-27)22-9-5-20(6-10-22)21-7-11-23(12-8-21)26-17-30-28(35-26)24-13-15-32(24)19(2)33/h5-12,16-17,24H,4,13-15,18H2,1-3H3. The number of rotatable bonds is 8. The van der Waals surface area contributed by atoms with Crippen LogP contribution in [0.1, 0.15) is 42.7 Å². The molecule has 4 aromatic rings. The zero-order valence-electron chi connectivity index (χ0n) is 20.4. The van der Waals surface area contributed by atoms with Gasteiger partial charge in [0.2, 0.25) is 5.91 Å². The molecule has 0 aliphatic carbocycles. The Balaban J connectivity index is 1.26. The van der Waals surface area contributed by atoms with Gasteiger partial charge in [-0.3, -0.25) is 9.69 Å². The van der Waals surface area contributed by atoms with E-state index in [0.29, 0.717) is 0 Å². The van der Waals surface area contributed by atoms with E-state index in [-0.39, 0.29) is 11.9 Å². The molecule has 1 atom stereocenters. The van der Waals surface area contributed by atoms with Gasteiger partial charge in [-0.05, 0) is 48.7 Å². The Morgan fingerprint density at radius 3 is 2.06 bits per heavy atom. The second-order valence-electron chi connectivity index (χ2n) is 9.09. The van der Waals surface area contributed by atoms with Gasteiger partial charge in [0.25, 0.3) is 0 Å². The Hall–Kier alpha value is -2.87. The first-order chi connectivity index (χ1) is 17.0. The number of carbonyl (C=O) groups excluding carboxylic acids is 1. The first-order valence-corrected chi connectivity index (χ1v) is 13.7. The molecule has 5 nitrogen and oxygen atoms in total. The van der Waals surface area contributed by atoms with E-state index in [4.69, 9.17) is 0 Å². The quantitative estimate of drug-likeness (QED) is 0.268. The number of hydrogen-bond donors (Lipinski definition) is 0. The minimum atomic E-state index is 0.128. The number of hydrogen-bond acceptors (Lipinski definition) is 6. The highest BCUT2D eigenvalue weighted by atomic mass is 32.1. The van der Waals surface area contributed by atoms with Gasteiger partial charge in [-0.2, -0.15) is 0 Å². The fourth-order valence-electron chi connectivity index (χ4n) is 4.46. The van der Waals surface area contributed by atoms with Crippen molar-refractivity contribution in [2.45, 2.75) is 39.3 Å². The Kier molecular flexibility index (Phi) is 7.09.